The van der Waals surface area contributed by atoms with E-state index in [1.54, 1.807) is 0 Å². The summed E-state index contributed by atoms with van der Waals surface area (Å²) in [6, 6.07) is 7.80. The van der Waals surface area contributed by atoms with Gasteiger partial charge < -0.3 is 9.47 Å². The van der Waals surface area contributed by atoms with Crippen LogP contribution in [0.2, 0.25) is 0 Å². The Balaban J connectivity index is 1.67. The van der Waals surface area contributed by atoms with Crippen molar-refractivity contribution in [3.8, 4) is 5.75 Å². The van der Waals surface area contributed by atoms with Crippen molar-refractivity contribution < 1.29 is 18.7 Å². The quantitative estimate of drug-likeness (QED) is 0.561. The number of carbonyl (C=O) groups is 1. The molecular weight excluding hydrogens is 399 g/mol. The highest BCUT2D eigenvalue weighted by Crippen LogP contribution is 2.48. The van der Waals surface area contributed by atoms with Gasteiger partial charge in [-0.1, -0.05) is 28.1 Å². The Morgan fingerprint density at radius 2 is 1.96 bits per heavy atom. The van der Waals surface area contributed by atoms with Gasteiger partial charge >= 0.3 is 5.97 Å². The lowest BCUT2D eigenvalue weighted by Crippen LogP contribution is -2.15. The molecule has 26 heavy (non-hydrogen) atoms. The molecule has 3 atom stereocenters. The molecule has 0 aliphatic heterocycles. The van der Waals surface area contributed by atoms with Crippen LogP contribution in [-0.2, 0) is 9.53 Å². The smallest absolute Gasteiger partial charge is 0.309 e. The maximum Gasteiger partial charge on any atom is 0.309 e. The maximum atomic E-state index is 14.0. The van der Waals surface area contributed by atoms with Crippen molar-refractivity contribution in [1.29, 1.82) is 0 Å². The number of allylic oxidation sites excluding steroid dienone is 2. The average molecular weight is 423 g/mol. The van der Waals surface area contributed by atoms with Gasteiger partial charge in [0.2, 0.25) is 0 Å². The van der Waals surface area contributed by atoms with E-state index in [9.17, 15) is 9.18 Å². The Hall–Kier alpha value is -1.62. The highest BCUT2D eigenvalue weighted by molar-refractivity contribution is 9.11. The Kier molecular flexibility index (Phi) is 5.86. The molecule has 2 fully saturated rings. The highest BCUT2D eigenvalue weighted by Gasteiger charge is 2.45. The minimum atomic E-state index is -0.262. The molecule has 2 saturated carbocycles. The zero-order valence-electron chi connectivity index (χ0n) is 15.4. The van der Waals surface area contributed by atoms with E-state index in [0.717, 1.165) is 40.6 Å². The third kappa shape index (κ3) is 4.03. The molecule has 0 spiro atoms. The lowest BCUT2D eigenvalue weighted by Gasteiger charge is -2.16. The van der Waals surface area contributed by atoms with Gasteiger partial charge in [0.15, 0.2) is 0 Å². The van der Waals surface area contributed by atoms with E-state index >= 15 is 0 Å². The fourth-order valence-electron chi connectivity index (χ4n) is 3.69. The number of halogens is 2. The first-order chi connectivity index (χ1) is 12.4. The third-order valence-electron chi connectivity index (χ3n) is 5.06. The summed E-state index contributed by atoms with van der Waals surface area (Å²) in [5.74, 6) is 0.646. The molecule has 140 valence electrons. The van der Waals surface area contributed by atoms with Crippen molar-refractivity contribution in [3.63, 3.8) is 0 Å². The zero-order valence-corrected chi connectivity index (χ0v) is 16.9. The van der Waals surface area contributed by atoms with Crippen molar-refractivity contribution in [2.75, 3.05) is 6.61 Å². The summed E-state index contributed by atoms with van der Waals surface area (Å²) in [6.07, 6.45) is 2.15. The molecule has 5 heteroatoms. The first-order valence-electron chi connectivity index (χ1n) is 9.07. The lowest BCUT2D eigenvalue weighted by atomic mass is 10.1. The van der Waals surface area contributed by atoms with Gasteiger partial charge in [-0.3, -0.25) is 4.79 Å². The van der Waals surface area contributed by atoms with Gasteiger partial charge in [-0.05, 0) is 73.7 Å². The van der Waals surface area contributed by atoms with Crippen LogP contribution in [0.5, 0.6) is 5.75 Å². The number of benzene rings is 1. The van der Waals surface area contributed by atoms with Crippen LogP contribution in [0.4, 0.5) is 4.39 Å². The summed E-state index contributed by atoms with van der Waals surface area (Å²) in [4.78, 5) is 11.8. The SMILES string of the molecule is CCOC(=O)C1CC1c1ccc(OC2CCC(=C(C)Br)C2=C(C)F)cc1. The molecule has 3 unspecified atom stereocenters. The second-order valence-electron chi connectivity index (χ2n) is 6.87. The molecule has 0 radical (unpaired) electrons. The van der Waals surface area contributed by atoms with Crippen LogP contribution in [0.3, 0.4) is 0 Å². The van der Waals surface area contributed by atoms with Gasteiger partial charge in [0.05, 0.1) is 12.5 Å². The van der Waals surface area contributed by atoms with Crippen molar-refractivity contribution >= 4 is 21.9 Å². The maximum absolute atomic E-state index is 14.0. The Labute approximate surface area is 162 Å². The van der Waals surface area contributed by atoms with Gasteiger partial charge in [0, 0.05) is 5.57 Å². The summed E-state index contributed by atoms with van der Waals surface area (Å²) in [5.41, 5.74) is 2.78. The zero-order chi connectivity index (χ0) is 18.8. The third-order valence-corrected chi connectivity index (χ3v) is 5.54. The van der Waals surface area contributed by atoms with Crippen LogP contribution in [0, 0.1) is 5.92 Å². The highest BCUT2D eigenvalue weighted by atomic mass is 79.9. The molecule has 0 aromatic heterocycles. The predicted molar refractivity (Wildman–Crippen MR) is 103 cm³/mol. The molecule has 2 aliphatic rings. The molecule has 0 N–H and O–H groups in total. The summed E-state index contributed by atoms with van der Waals surface area (Å²) in [7, 11) is 0. The van der Waals surface area contributed by atoms with Gasteiger partial charge in [-0.25, -0.2) is 4.39 Å². The molecule has 2 aliphatic carbocycles. The van der Waals surface area contributed by atoms with E-state index in [4.69, 9.17) is 9.47 Å². The van der Waals surface area contributed by atoms with E-state index in [1.807, 2.05) is 38.1 Å². The van der Waals surface area contributed by atoms with Crippen LogP contribution >= 0.6 is 15.9 Å². The minimum Gasteiger partial charge on any atom is -0.486 e. The number of hydrogen-bond donors (Lipinski definition) is 0. The van der Waals surface area contributed by atoms with Crippen LogP contribution in [0.1, 0.15) is 51.5 Å². The van der Waals surface area contributed by atoms with Crippen LogP contribution in [0.25, 0.3) is 0 Å². The van der Waals surface area contributed by atoms with E-state index in [2.05, 4.69) is 15.9 Å². The summed E-state index contributed by atoms with van der Waals surface area (Å²) < 4.78 is 26.1. The first kappa shape index (κ1) is 19.2. The molecule has 0 bridgehead atoms. The van der Waals surface area contributed by atoms with Gasteiger partial charge in [-0.15, -0.1) is 0 Å². The van der Waals surface area contributed by atoms with Gasteiger partial charge in [-0.2, -0.15) is 0 Å². The predicted octanol–water partition coefficient (Wildman–Crippen LogP) is 5.81. The molecule has 0 saturated heterocycles. The van der Waals surface area contributed by atoms with Gasteiger partial charge in [0.1, 0.15) is 17.7 Å². The number of ether oxygens (including phenoxy) is 2. The second-order valence-corrected chi connectivity index (χ2v) is 8.06. The van der Waals surface area contributed by atoms with Crippen molar-refractivity contribution in [2.45, 2.75) is 52.1 Å². The Morgan fingerprint density at radius 3 is 2.54 bits per heavy atom. The van der Waals surface area contributed by atoms with Gasteiger partial charge in [0.25, 0.3) is 0 Å². The molecular formula is C21H24BrFO3. The first-order valence-corrected chi connectivity index (χ1v) is 9.86. The number of rotatable bonds is 5. The summed E-state index contributed by atoms with van der Waals surface area (Å²) >= 11 is 3.47. The molecule has 1 aromatic carbocycles. The van der Waals surface area contributed by atoms with Crippen LogP contribution < -0.4 is 4.74 Å². The van der Waals surface area contributed by atoms with E-state index in [0.29, 0.717) is 12.2 Å². The molecule has 0 amide bonds. The molecule has 0 heterocycles. The largest absolute Gasteiger partial charge is 0.486 e. The van der Waals surface area contributed by atoms with Crippen molar-refractivity contribution in [2.24, 2.45) is 5.92 Å². The van der Waals surface area contributed by atoms with E-state index < -0.39 is 0 Å². The normalized spacial score (nSPS) is 28.6. The van der Waals surface area contributed by atoms with Crippen molar-refractivity contribution in [3.05, 3.63) is 51.3 Å². The van der Waals surface area contributed by atoms with Crippen molar-refractivity contribution in [1.82, 2.24) is 0 Å². The van der Waals surface area contributed by atoms with E-state index in [1.165, 1.54) is 6.92 Å². The molecule has 1 aromatic rings. The number of hydrogen-bond acceptors (Lipinski definition) is 3. The average Bonchev–Trinajstić information content (AvgIpc) is 3.28. The number of carbonyl (C=O) groups excluding carboxylic acids is 1. The molecule has 3 rings (SSSR count). The van der Waals surface area contributed by atoms with E-state index in [-0.39, 0.29) is 29.7 Å². The molecule has 3 nitrogen and oxygen atoms in total. The Bertz CT molecular complexity index is 743. The fraction of sp³-hybridized carbons (Fsp3) is 0.476. The monoisotopic (exact) mass is 422 g/mol. The number of esters is 1. The fourth-order valence-corrected chi connectivity index (χ4v) is 4.10. The lowest BCUT2D eigenvalue weighted by molar-refractivity contribution is -0.144. The summed E-state index contributed by atoms with van der Waals surface area (Å²) in [6.45, 7) is 5.66. The second kappa shape index (κ2) is 7.95. The summed E-state index contributed by atoms with van der Waals surface area (Å²) in [5, 5.41) is 0. The Morgan fingerprint density at radius 1 is 1.27 bits per heavy atom. The topological polar surface area (TPSA) is 35.5 Å². The van der Waals surface area contributed by atoms with Crippen LogP contribution in [0.15, 0.2) is 45.7 Å². The minimum absolute atomic E-state index is 0.0186. The standard InChI is InChI=1S/C21H24BrFO3/c1-4-25-21(24)18-11-17(18)14-5-7-15(8-6-14)26-19-10-9-16(12(2)22)20(19)13(3)23/h5-8,17-19H,4,9-11H2,1-3H3. The van der Waals surface area contributed by atoms with Crippen LogP contribution in [-0.4, -0.2) is 18.7 Å².